The lowest BCUT2D eigenvalue weighted by molar-refractivity contribution is -0.138. The third-order valence-electron chi connectivity index (χ3n) is 2.55. The van der Waals surface area contributed by atoms with Crippen molar-refractivity contribution >= 4 is 27.6 Å². The van der Waals surface area contributed by atoms with Crippen molar-refractivity contribution in [2.24, 2.45) is 7.05 Å². The molecule has 0 aromatic carbocycles. The molecule has 18 heavy (non-hydrogen) atoms. The Labute approximate surface area is 113 Å². The topological polar surface area (TPSA) is 84.2 Å². The first-order valence-corrected chi connectivity index (χ1v) is 6.47. The Kier molecular flexibility index (Phi) is 5.33. The van der Waals surface area contributed by atoms with Crippen LogP contribution in [0.1, 0.15) is 26.2 Å². The predicted octanol–water partition coefficient (Wildman–Crippen LogP) is 1.60. The first-order chi connectivity index (χ1) is 8.47. The number of nitrogens with one attached hydrogen (secondary N) is 1. The number of carbonyl (C=O) groups is 1. The Hall–Kier alpha value is -1.37. The monoisotopic (exact) mass is 317 g/mol. The molecule has 0 radical (unpaired) electrons. The van der Waals surface area contributed by atoms with Crippen molar-refractivity contribution in [2.75, 3.05) is 5.32 Å². The van der Waals surface area contributed by atoms with Crippen LogP contribution in [0, 0.1) is 0 Å². The molecule has 2 N–H and O–H groups in total. The minimum Gasteiger partial charge on any atom is -0.480 e. The van der Waals surface area contributed by atoms with Gasteiger partial charge in [0.1, 0.15) is 10.5 Å². The van der Waals surface area contributed by atoms with E-state index in [1.165, 1.54) is 17.9 Å². The van der Waals surface area contributed by atoms with Crippen molar-refractivity contribution < 1.29 is 9.90 Å². The second-order valence-corrected chi connectivity index (χ2v) is 4.77. The van der Waals surface area contributed by atoms with Crippen molar-refractivity contribution in [3.8, 4) is 0 Å². The summed E-state index contributed by atoms with van der Waals surface area (Å²) in [6.45, 7) is 1.99. The standard InChI is InChI=1S/C11H16BrN3O3/c1-3-4-5-7(11(17)18)14-8-6-13-15(2)10(16)9(8)12/h6-7,14H,3-5H2,1-2H3,(H,17,18)/t7-/m0/s1. The summed E-state index contributed by atoms with van der Waals surface area (Å²) in [5.41, 5.74) is 0.0984. The van der Waals surface area contributed by atoms with Gasteiger partial charge in [0.2, 0.25) is 0 Å². The van der Waals surface area contributed by atoms with Crippen LogP contribution in [-0.2, 0) is 11.8 Å². The average Bonchev–Trinajstić information content (AvgIpc) is 2.33. The number of carboxylic acids is 1. The van der Waals surface area contributed by atoms with Gasteiger partial charge in [0.05, 0.1) is 11.9 Å². The molecule has 0 saturated carbocycles. The van der Waals surface area contributed by atoms with E-state index in [-0.39, 0.29) is 5.56 Å². The van der Waals surface area contributed by atoms with Crippen LogP contribution in [-0.4, -0.2) is 26.9 Å². The predicted molar refractivity (Wildman–Crippen MR) is 71.7 cm³/mol. The fraction of sp³-hybridized carbons (Fsp3) is 0.545. The second-order valence-electron chi connectivity index (χ2n) is 3.98. The number of aromatic nitrogens is 2. The van der Waals surface area contributed by atoms with Crippen molar-refractivity contribution in [1.82, 2.24) is 9.78 Å². The third-order valence-corrected chi connectivity index (χ3v) is 3.32. The first-order valence-electron chi connectivity index (χ1n) is 5.68. The third kappa shape index (κ3) is 3.56. The number of nitrogens with zero attached hydrogens (tertiary/aromatic N) is 2. The van der Waals surface area contributed by atoms with E-state index >= 15 is 0 Å². The summed E-state index contributed by atoms with van der Waals surface area (Å²) in [5, 5.41) is 15.8. The van der Waals surface area contributed by atoms with Gasteiger partial charge in [-0.3, -0.25) is 4.79 Å². The number of halogens is 1. The van der Waals surface area contributed by atoms with Crippen LogP contribution in [0.4, 0.5) is 5.69 Å². The molecule has 1 aromatic heterocycles. The Morgan fingerprint density at radius 2 is 2.33 bits per heavy atom. The first kappa shape index (κ1) is 14.7. The zero-order valence-electron chi connectivity index (χ0n) is 10.3. The van der Waals surface area contributed by atoms with Crippen LogP contribution in [0.15, 0.2) is 15.5 Å². The normalized spacial score (nSPS) is 12.2. The zero-order valence-corrected chi connectivity index (χ0v) is 11.9. The van der Waals surface area contributed by atoms with Crippen LogP contribution < -0.4 is 10.9 Å². The molecule has 0 saturated heterocycles. The molecule has 1 heterocycles. The molecule has 0 aliphatic heterocycles. The van der Waals surface area contributed by atoms with E-state index in [4.69, 9.17) is 5.11 Å². The summed E-state index contributed by atoms with van der Waals surface area (Å²) in [6, 6.07) is -0.713. The number of hydrogen-bond acceptors (Lipinski definition) is 4. The van der Waals surface area contributed by atoms with Crippen molar-refractivity contribution in [3.63, 3.8) is 0 Å². The summed E-state index contributed by atoms with van der Waals surface area (Å²) < 4.78 is 1.47. The minimum absolute atomic E-state index is 0.294. The van der Waals surface area contributed by atoms with Gasteiger partial charge < -0.3 is 10.4 Å². The Bertz CT molecular complexity index is 487. The fourth-order valence-corrected chi connectivity index (χ4v) is 1.94. The number of hydrogen-bond donors (Lipinski definition) is 2. The SMILES string of the molecule is CCCC[C@H](Nc1cnn(C)c(=O)c1Br)C(=O)O. The summed E-state index contributed by atoms with van der Waals surface area (Å²) >= 11 is 3.15. The van der Waals surface area contributed by atoms with Gasteiger partial charge in [-0.05, 0) is 22.4 Å². The number of unbranched alkanes of at least 4 members (excludes halogenated alkanes) is 1. The molecule has 0 amide bonds. The quantitative estimate of drug-likeness (QED) is 0.832. The summed E-state index contributed by atoms with van der Waals surface area (Å²) in [5.74, 6) is -0.934. The number of rotatable bonds is 6. The van der Waals surface area contributed by atoms with Gasteiger partial charge in [0.15, 0.2) is 0 Å². The van der Waals surface area contributed by atoms with Gasteiger partial charge in [0, 0.05) is 7.05 Å². The molecule has 0 aliphatic carbocycles. The van der Waals surface area contributed by atoms with E-state index in [0.717, 1.165) is 12.8 Å². The smallest absolute Gasteiger partial charge is 0.326 e. The molecular weight excluding hydrogens is 302 g/mol. The number of anilines is 1. The van der Waals surface area contributed by atoms with Gasteiger partial charge in [-0.25, -0.2) is 9.48 Å². The molecule has 0 spiro atoms. The molecule has 0 unspecified atom stereocenters. The highest BCUT2D eigenvalue weighted by Crippen LogP contribution is 2.18. The van der Waals surface area contributed by atoms with Crippen molar-refractivity contribution in [1.29, 1.82) is 0 Å². The summed E-state index contributed by atoms with van der Waals surface area (Å²) in [4.78, 5) is 22.7. The molecule has 1 rings (SSSR count). The molecule has 0 fully saturated rings. The Morgan fingerprint density at radius 3 is 2.89 bits per heavy atom. The van der Waals surface area contributed by atoms with Gasteiger partial charge >= 0.3 is 5.97 Å². The van der Waals surface area contributed by atoms with Crippen LogP contribution in [0.5, 0.6) is 0 Å². The van der Waals surface area contributed by atoms with Crippen LogP contribution in [0.3, 0.4) is 0 Å². The number of aliphatic carboxylic acids is 1. The Balaban J connectivity index is 2.91. The lowest BCUT2D eigenvalue weighted by Crippen LogP contribution is -2.31. The highest BCUT2D eigenvalue weighted by atomic mass is 79.9. The Morgan fingerprint density at radius 1 is 1.67 bits per heavy atom. The highest BCUT2D eigenvalue weighted by molar-refractivity contribution is 9.10. The largest absolute Gasteiger partial charge is 0.480 e. The molecule has 0 aliphatic rings. The van der Waals surface area contributed by atoms with Crippen molar-refractivity contribution in [3.05, 3.63) is 21.0 Å². The van der Waals surface area contributed by atoms with Gasteiger partial charge in [-0.2, -0.15) is 5.10 Å². The second kappa shape index (κ2) is 6.53. The number of carboxylic acid groups (broad SMARTS) is 1. The van der Waals surface area contributed by atoms with E-state index in [2.05, 4.69) is 26.3 Å². The van der Waals surface area contributed by atoms with E-state index in [0.29, 0.717) is 16.6 Å². The minimum atomic E-state index is -0.934. The maximum atomic E-state index is 11.6. The number of aryl methyl sites for hydroxylation is 1. The van der Waals surface area contributed by atoms with E-state index in [9.17, 15) is 9.59 Å². The van der Waals surface area contributed by atoms with Crippen molar-refractivity contribution in [2.45, 2.75) is 32.2 Å². The summed E-state index contributed by atoms with van der Waals surface area (Å²) in [7, 11) is 1.53. The zero-order chi connectivity index (χ0) is 13.7. The average molecular weight is 318 g/mol. The maximum Gasteiger partial charge on any atom is 0.326 e. The van der Waals surface area contributed by atoms with Crippen LogP contribution in [0.25, 0.3) is 0 Å². The molecular formula is C11H16BrN3O3. The lowest BCUT2D eigenvalue weighted by atomic mass is 10.1. The fourth-order valence-electron chi connectivity index (χ4n) is 1.46. The summed E-state index contributed by atoms with van der Waals surface area (Å²) in [6.07, 6.45) is 3.67. The molecule has 0 bridgehead atoms. The van der Waals surface area contributed by atoms with E-state index in [1.807, 2.05) is 6.92 Å². The molecule has 6 nitrogen and oxygen atoms in total. The lowest BCUT2D eigenvalue weighted by Gasteiger charge is -2.16. The maximum absolute atomic E-state index is 11.6. The highest BCUT2D eigenvalue weighted by Gasteiger charge is 2.18. The van der Waals surface area contributed by atoms with E-state index in [1.54, 1.807) is 0 Å². The van der Waals surface area contributed by atoms with Gasteiger partial charge in [-0.1, -0.05) is 19.8 Å². The van der Waals surface area contributed by atoms with Crippen LogP contribution in [0.2, 0.25) is 0 Å². The molecule has 1 atom stereocenters. The molecule has 7 heteroatoms. The molecule has 100 valence electrons. The van der Waals surface area contributed by atoms with Gasteiger partial charge in [-0.15, -0.1) is 0 Å². The van der Waals surface area contributed by atoms with E-state index < -0.39 is 12.0 Å². The van der Waals surface area contributed by atoms with Gasteiger partial charge in [0.25, 0.3) is 5.56 Å². The molecule has 1 aromatic rings. The van der Waals surface area contributed by atoms with Crippen LogP contribution >= 0.6 is 15.9 Å².